The standard InChI is InChI=1S/C12H17O2P/c1-3-5-11-6-8-12(9-7-11)15(13)14-10-4-2/h3,6-9,15H,1,4-5,10H2,2H3. The van der Waals surface area contributed by atoms with Crippen LogP contribution in [0.25, 0.3) is 0 Å². The van der Waals surface area contributed by atoms with Gasteiger partial charge in [0, 0.05) is 5.30 Å². The van der Waals surface area contributed by atoms with Gasteiger partial charge in [0.2, 0.25) is 8.03 Å². The molecule has 1 atom stereocenters. The minimum absolute atomic E-state index is 0.562. The fourth-order valence-corrected chi connectivity index (χ4v) is 2.22. The number of benzene rings is 1. The maximum Gasteiger partial charge on any atom is 0.220 e. The third-order valence-electron chi connectivity index (χ3n) is 2.01. The summed E-state index contributed by atoms with van der Waals surface area (Å²) in [6.45, 7) is 6.24. The molecular weight excluding hydrogens is 207 g/mol. The van der Waals surface area contributed by atoms with Crippen molar-refractivity contribution in [1.82, 2.24) is 0 Å². The molecular formula is C12H17O2P. The fraction of sp³-hybridized carbons (Fsp3) is 0.333. The number of hydrogen-bond donors (Lipinski definition) is 0. The quantitative estimate of drug-likeness (QED) is 0.548. The molecule has 2 nitrogen and oxygen atoms in total. The molecule has 82 valence electrons. The molecule has 0 aliphatic heterocycles. The smallest absolute Gasteiger partial charge is 0.220 e. The molecule has 0 fully saturated rings. The van der Waals surface area contributed by atoms with Crippen molar-refractivity contribution >= 4 is 13.3 Å². The minimum atomic E-state index is -2.04. The summed E-state index contributed by atoms with van der Waals surface area (Å²) in [6.07, 6.45) is 3.59. The summed E-state index contributed by atoms with van der Waals surface area (Å²) in [5.74, 6) is 0. The molecule has 1 aromatic carbocycles. The van der Waals surface area contributed by atoms with E-state index in [1.165, 1.54) is 5.56 Å². The largest absolute Gasteiger partial charge is 0.327 e. The molecule has 3 heteroatoms. The third kappa shape index (κ3) is 4.03. The number of hydrogen-bond acceptors (Lipinski definition) is 2. The normalized spacial score (nSPS) is 12.3. The molecule has 1 unspecified atom stereocenters. The van der Waals surface area contributed by atoms with E-state index in [0.29, 0.717) is 6.61 Å². The van der Waals surface area contributed by atoms with Crippen molar-refractivity contribution in [2.45, 2.75) is 19.8 Å². The van der Waals surface area contributed by atoms with Gasteiger partial charge < -0.3 is 4.52 Å². The van der Waals surface area contributed by atoms with Crippen LogP contribution in [0.15, 0.2) is 36.9 Å². The second-order valence-electron chi connectivity index (χ2n) is 3.33. The predicted molar refractivity (Wildman–Crippen MR) is 65.2 cm³/mol. The van der Waals surface area contributed by atoms with Crippen molar-refractivity contribution in [2.75, 3.05) is 6.61 Å². The lowest BCUT2D eigenvalue weighted by Gasteiger charge is -2.03. The highest BCUT2D eigenvalue weighted by Gasteiger charge is 2.02. The molecule has 0 heterocycles. The van der Waals surface area contributed by atoms with E-state index in [9.17, 15) is 4.57 Å². The maximum absolute atomic E-state index is 11.6. The predicted octanol–water partition coefficient (Wildman–Crippen LogP) is 2.94. The molecule has 15 heavy (non-hydrogen) atoms. The lowest BCUT2D eigenvalue weighted by atomic mass is 10.2. The average Bonchev–Trinajstić information content (AvgIpc) is 2.27. The Balaban J connectivity index is 2.62. The number of allylic oxidation sites excluding steroid dienone is 1. The summed E-state index contributed by atoms with van der Waals surface area (Å²) in [5, 5.41) is 0.793. The van der Waals surface area contributed by atoms with Gasteiger partial charge in [-0.15, -0.1) is 6.58 Å². The molecule has 0 bridgehead atoms. The van der Waals surface area contributed by atoms with Crippen LogP contribution < -0.4 is 5.30 Å². The van der Waals surface area contributed by atoms with Gasteiger partial charge in [-0.05, 0) is 30.5 Å². The molecule has 0 saturated heterocycles. The Bertz CT molecular complexity index is 330. The zero-order valence-corrected chi connectivity index (χ0v) is 10.0. The van der Waals surface area contributed by atoms with Gasteiger partial charge >= 0.3 is 0 Å². The Morgan fingerprint density at radius 3 is 2.60 bits per heavy atom. The van der Waals surface area contributed by atoms with E-state index in [1.54, 1.807) is 0 Å². The molecule has 0 aromatic heterocycles. The van der Waals surface area contributed by atoms with E-state index < -0.39 is 8.03 Å². The van der Waals surface area contributed by atoms with E-state index in [1.807, 2.05) is 37.3 Å². The zero-order chi connectivity index (χ0) is 11.1. The number of rotatable bonds is 6. The summed E-state index contributed by atoms with van der Waals surface area (Å²) < 4.78 is 16.8. The van der Waals surface area contributed by atoms with E-state index in [2.05, 4.69) is 6.58 Å². The van der Waals surface area contributed by atoms with Gasteiger partial charge in [0.25, 0.3) is 0 Å². The van der Waals surface area contributed by atoms with Crippen molar-refractivity contribution in [3.05, 3.63) is 42.5 Å². The van der Waals surface area contributed by atoms with Crippen molar-refractivity contribution in [3.8, 4) is 0 Å². The lowest BCUT2D eigenvalue weighted by Crippen LogP contribution is -1.99. The Hall–Kier alpha value is -0.850. The highest BCUT2D eigenvalue weighted by Crippen LogP contribution is 2.21. The van der Waals surface area contributed by atoms with Gasteiger partial charge in [-0.3, -0.25) is 4.57 Å². The highest BCUT2D eigenvalue weighted by atomic mass is 31.1. The van der Waals surface area contributed by atoms with Gasteiger partial charge in [-0.25, -0.2) is 0 Å². The van der Waals surface area contributed by atoms with Crippen LogP contribution in [-0.4, -0.2) is 6.61 Å². The van der Waals surface area contributed by atoms with E-state index >= 15 is 0 Å². The van der Waals surface area contributed by atoms with E-state index in [4.69, 9.17) is 4.52 Å². The first-order valence-electron chi connectivity index (χ1n) is 5.15. The van der Waals surface area contributed by atoms with Gasteiger partial charge in [0.1, 0.15) is 0 Å². The van der Waals surface area contributed by atoms with E-state index in [-0.39, 0.29) is 0 Å². The lowest BCUT2D eigenvalue weighted by molar-refractivity contribution is 0.335. The molecule has 0 amide bonds. The first-order valence-corrected chi connectivity index (χ1v) is 6.46. The van der Waals surface area contributed by atoms with Crippen LogP contribution in [0.2, 0.25) is 0 Å². The van der Waals surface area contributed by atoms with Gasteiger partial charge in [-0.2, -0.15) is 0 Å². The molecule has 1 aromatic rings. The van der Waals surface area contributed by atoms with E-state index in [0.717, 1.165) is 18.1 Å². The summed E-state index contributed by atoms with van der Waals surface area (Å²) >= 11 is 0. The maximum atomic E-state index is 11.6. The second kappa shape index (κ2) is 6.60. The zero-order valence-electron chi connectivity index (χ0n) is 9.03. The molecule has 1 rings (SSSR count). The van der Waals surface area contributed by atoms with Crippen molar-refractivity contribution < 1.29 is 9.09 Å². The van der Waals surface area contributed by atoms with Crippen LogP contribution in [-0.2, 0) is 15.5 Å². The van der Waals surface area contributed by atoms with Crippen molar-refractivity contribution in [3.63, 3.8) is 0 Å². The van der Waals surface area contributed by atoms with Gasteiger partial charge in [-0.1, -0.05) is 25.1 Å². The molecule has 0 N–H and O–H groups in total. The van der Waals surface area contributed by atoms with Gasteiger partial charge in [0.15, 0.2) is 0 Å². The summed E-state index contributed by atoms with van der Waals surface area (Å²) in [7, 11) is -2.04. The molecule has 0 saturated carbocycles. The van der Waals surface area contributed by atoms with Crippen LogP contribution >= 0.6 is 8.03 Å². The summed E-state index contributed by atoms with van der Waals surface area (Å²) in [6, 6.07) is 7.68. The minimum Gasteiger partial charge on any atom is -0.327 e. The highest BCUT2D eigenvalue weighted by molar-refractivity contribution is 7.48. The first kappa shape index (κ1) is 12.2. The third-order valence-corrected chi connectivity index (χ3v) is 3.28. The second-order valence-corrected chi connectivity index (χ2v) is 4.77. The monoisotopic (exact) mass is 224 g/mol. The first-order chi connectivity index (χ1) is 7.27. The molecule has 0 aliphatic rings. The Labute approximate surface area is 91.8 Å². The van der Waals surface area contributed by atoms with Gasteiger partial charge in [0.05, 0.1) is 6.61 Å². The van der Waals surface area contributed by atoms with Crippen molar-refractivity contribution in [2.24, 2.45) is 0 Å². The van der Waals surface area contributed by atoms with Crippen LogP contribution in [0, 0.1) is 0 Å². The Kier molecular flexibility index (Phi) is 5.38. The summed E-state index contributed by atoms with van der Waals surface area (Å²) in [5.41, 5.74) is 1.18. The van der Waals surface area contributed by atoms with Crippen LogP contribution in [0.3, 0.4) is 0 Å². The van der Waals surface area contributed by atoms with Crippen LogP contribution in [0.5, 0.6) is 0 Å². The molecule has 0 spiro atoms. The molecule has 0 radical (unpaired) electrons. The molecule has 0 aliphatic carbocycles. The Morgan fingerprint density at radius 1 is 1.40 bits per heavy atom. The van der Waals surface area contributed by atoms with Crippen molar-refractivity contribution in [1.29, 1.82) is 0 Å². The SMILES string of the molecule is C=CCc1ccc([PH](=O)OCCC)cc1. The van der Waals surface area contributed by atoms with Crippen LogP contribution in [0.4, 0.5) is 0 Å². The topological polar surface area (TPSA) is 26.3 Å². The average molecular weight is 224 g/mol. The van der Waals surface area contributed by atoms with Crippen LogP contribution in [0.1, 0.15) is 18.9 Å². The fourth-order valence-electron chi connectivity index (χ4n) is 1.22. The summed E-state index contributed by atoms with van der Waals surface area (Å²) in [4.78, 5) is 0. The Morgan fingerprint density at radius 2 is 2.07 bits per heavy atom.